The normalized spacial score (nSPS) is 14.7. The second-order valence-electron chi connectivity index (χ2n) is 4.31. The van der Waals surface area contributed by atoms with E-state index in [1.807, 2.05) is 6.92 Å². The maximum absolute atomic E-state index is 12.8. The number of halogens is 1. The molecule has 4 heteroatoms. The molecular weight excluding hydrogens is 223 g/mol. The molecule has 0 atom stereocenters. The summed E-state index contributed by atoms with van der Waals surface area (Å²) in [4.78, 5) is 11.5. The highest BCUT2D eigenvalue weighted by Gasteiger charge is 2.26. The van der Waals surface area contributed by atoms with E-state index < -0.39 is 0 Å². The van der Waals surface area contributed by atoms with Crippen LogP contribution < -0.4 is 0 Å². The molecule has 0 saturated heterocycles. The highest BCUT2D eigenvalue weighted by atomic mass is 19.1. The highest BCUT2D eigenvalue weighted by Crippen LogP contribution is 2.27. The van der Waals surface area contributed by atoms with Crippen molar-refractivity contribution in [1.82, 2.24) is 0 Å². The topological polar surface area (TPSA) is 57.8 Å². The smallest absolute Gasteiger partial charge is 0.309 e. The summed E-state index contributed by atoms with van der Waals surface area (Å²) < 4.78 is 18.0. The van der Waals surface area contributed by atoms with E-state index in [0.717, 1.165) is 30.4 Å². The van der Waals surface area contributed by atoms with Crippen LogP contribution in [0.2, 0.25) is 0 Å². The van der Waals surface area contributed by atoms with Crippen LogP contribution in [0.3, 0.4) is 0 Å². The molecule has 0 unspecified atom stereocenters. The number of aryl methyl sites for hydroxylation is 1. The van der Waals surface area contributed by atoms with Gasteiger partial charge in [0, 0.05) is 0 Å². The lowest BCUT2D eigenvalue weighted by Gasteiger charge is -2.23. The number of carbonyl (C=O) groups is 1. The van der Waals surface area contributed by atoms with Gasteiger partial charge in [-0.2, -0.15) is 0 Å². The van der Waals surface area contributed by atoms with Gasteiger partial charge in [-0.15, -0.1) is 0 Å². The number of esters is 1. The van der Waals surface area contributed by atoms with E-state index >= 15 is 0 Å². The fraction of sp³-hybridized carbons (Fsp3) is 0.462. The SMILES string of the molecule is Cc1cc(F)ccc1COC(=O)C1CCC1.O. The average molecular weight is 240 g/mol. The van der Waals surface area contributed by atoms with Crippen LogP contribution in [0, 0.1) is 18.7 Å². The van der Waals surface area contributed by atoms with Crippen LogP contribution in [0.15, 0.2) is 18.2 Å². The number of carbonyl (C=O) groups excluding carboxylic acids is 1. The van der Waals surface area contributed by atoms with E-state index in [2.05, 4.69) is 0 Å². The molecule has 0 aliphatic heterocycles. The van der Waals surface area contributed by atoms with Gasteiger partial charge in [-0.3, -0.25) is 4.79 Å². The molecule has 2 rings (SSSR count). The first-order valence-electron chi connectivity index (χ1n) is 5.58. The Bertz CT molecular complexity index is 400. The van der Waals surface area contributed by atoms with Crippen molar-refractivity contribution in [2.75, 3.05) is 0 Å². The first kappa shape index (κ1) is 13.6. The largest absolute Gasteiger partial charge is 0.461 e. The van der Waals surface area contributed by atoms with Crippen LogP contribution in [0.4, 0.5) is 4.39 Å². The van der Waals surface area contributed by atoms with Crippen LogP contribution in [-0.4, -0.2) is 11.4 Å². The van der Waals surface area contributed by atoms with E-state index in [0.29, 0.717) is 0 Å². The number of hydrogen-bond donors (Lipinski definition) is 0. The molecule has 1 fully saturated rings. The zero-order valence-corrected chi connectivity index (χ0v) is 9.83. The Balaban J connectivity index is 0.00000144. The lowest BCUT2D eigenvalue weighted by Crippen LogP contribution is -2.24. The zero-order valence-electron chi connectivity index (χ0n) is 9.83. The Morgan fingerprint density at radius 1 is 1.47 bits per heavy atom. The minimum Gasteiger partial charge on any atom is -0.461 e. The Morgan fingerprint density at radius 2 is 2.18 bits per heavy atom. The van der Waals surface area contributed by atoms with Gasteiger partial charge < -0.3 is 10.2 Å². The van der Waals surface area contributed by atoms with Crippen LogP contribution in [0.1, 0.15) is 30.4 Å². The molecule has 0 heterocycles. The summed E-state index contributed by atoms with van der Waals surface area (Å²) >= 11 is 0. The number of rotatable bonds is 3. The summed E-state index contributed by atoms with van der Waals surface area (Å²) in [5.41, 5.74) is 1.69. The minimum atomic E-state index is -0.258. The molecule has 0 aromatic heterocycles. The molecule has 1 aliphatic rings. The molecule has 0 spiro atoms. The van der Waals surface area contributed by atoms with Gasteiger partial charge in [-0.1, -0.05) is 12.5 Å². The molecule has 1 aliphatic carbocycles. The van der Waals surface area contributed by atoms with Gasteiger partial charge in [-0.05, 0) is 43.0 Å². The lowest BCUT2D eigenvalue weighted by atomic mass is 9.86. The molecule has 94 valence electrons. The summed E-state index contributed by atoms with van der Waals surface area (Å²) in [6.45, 7) is 2.07. The Hall–Kier alpha value is -1.42. The van der Waals surface area contributed by atoms with Gasteiger partial charge >= 0.3 is 5.97 Å². The molecule has 0 bridgehead atoms. The monoisotopic (exact) mass is 240 g/mol. The maximum Gasteiger partial charge on any atom is 0.309 e. The van der Waals surface area contributed by atoms with E-state index in [1.54, 1.807) is 6.07 Å². The minimum absolute atomic E-state index is 0. The van der Waals surface area contributed by atoms with Crippen molar-refractivity contribution in [3.8, 4) is 0 Å². The second-order valence-corrected chi connectivity index (χ2v) is 4.31. The van der Waals surface area contributed by atoms with E-state index in [9.17, 15) is 9.18 Å². The van der Waals surface area contributed by atoms with Gasteiger partial charge in [0.05, 0.1) is 5.92 Å². The molecule has 17 heavy (non-hydrogen) atoms. The summed E-state index contributed by atoms with van der Waals surface area (Å²) in [6.07, 6.45) is 3.01. The Morgan fingerprint density at radius 3 is 2.71 bits per heavy atom. The third-order valence-corrected chi connectivity index (χ3v) is 3.11. The fourth-order valence-corrected chi connectivity index (χ4v) is 1.73. The van der Waals surface area contributed by atoms with Gasteiger partial charge in [0.1, 0.15) is 12.4 Å². The predicted molar refractivity (Wildman–Crippen MR) is 61.9 cm³/mol. The Kier molecular flexibility index (Phi) is 4.63. The fourth-order valence-electron chi connectivity index (χ4n) is 1.73. The standard InChI is InChI=1S/C13H15FO2.H2O/c1-9-7-12(14)6-5-11(9)8-16-13(15)10-3-2-4-10;/h5-7,10H,2-4,8H2,1H3;1H2. The Labute approximate surface area is 99.9 Å². The quantitative estimate of drug-likeness (QED) is 0.760. The number of ether oxygens (including phenoxy) is 1. The van der Waals surface area contributed by atoms with Crippen molar-refractivity contribution in [3.05, 3.63) is 35.1 Å². The maximum atomic E-state index is 12.8. The predicted octanol–water partition coefficient (Wildman–Crippen LogP) is 2.15. The third kappa shape index (κ3) is 3.27. The van der Waals surface area contributed by atoms with Gasteiger partial charge in [0.2, 0.25) is 0 Å². The van der Waals surface area contributed by atoms with Crippen molar-refractivity contribution < 1.29 is 19.4 Å². The van der Waals surface area contributed by atoms with Crippen molar-refractivity contribution in [3.63, 3.8) is 0 Å². The summed E-state index contributed by atoms with van der Waals surface area (Å²) in [6, 6.07) is 4.50. The molecular formula is C13H17FO3. The third-order valence-electron chi connectivity index (χ3n) is 3.11. The van der Waals surface area contributed by atoms with Gasteiger partial charge in [0.25, 0.3) is 0 Å². The molecule has 1 aromatic rings. The molecule has 1 aromatic carbocycles. The summed E-state index contributed by atoms with van der Waals surface area (Å²) in [5, 5.41) is 0. The van der Waals surface area contributed by atoms with Crippen molar-refractivity contribution in [2.24, 2.45) is 5.92 Å². The summed E-state index contributed by atoms with van der Waals surface area (Å²) in [7, 11) is 0. The van der Waals surface area contributed by atoms with Crippen LogP contribution in [0.25, 0.3) is 0 Å². The number of hydrogen-bond acceptors (Lipinski definition) is 2. The van der Waals surface area contributed by atoms with Crippen LogP contribution >= 0.6 is 0 Å². The molecule has 0 radical (unpaired) electrons. The molecule has 3 nitrogen and oxygen atoms in total. The second kappa shape index (κ2) is 5.77. The van der Waals surface area contributed by atoms with E-state index in [4.69, 9.17) is 4.74 Å². The average Bonchev–Trinajstić information content (AvgIpc) is 2.13. The van der Waals surface area contributed by atoms with Crippen molar-refractivity contribution in [2.45, 2.75) is 32.8 Å². The van der Waals surface area contributed by atoms with Crippen LogP contribution in [-0.2, 0) is 16.1 Å². The van der Waals surface area contributed by atoms with E-state index in [1.165, 1.54) is 12.1 Å². The molecule has 1 saturated carbocycles. The number of benzene rings is 1. The van der Waals surface area contributed by atoms with Crippen LogP contribution in [0.5, 0.6) is 0 Å². The summed E-state index contributed by atoms with van der Waals surface area (Å²) in [5.74, 6) is -0.276. The first-order valence-corrected chi connectivity index (χ1v) is 5.58. The molecule has 0 amide bonds. The first-order chi connectivity index (χ1) is 7.66. The highest BCUT2D eigenvalue weighted by molar-refractivity contribution is 5.73. The van der Waals surface area contributed by atoms with Gasteiger partial charge in [0.15, 0.2) is 0 Å². The van der Waals surface area contributed by atoms with Crippen molar-refractivity contribution in [1.29, 1.82) is 0 Å². The van der Waals surface area contributed by atoms with Gasteiger partial charge in [-0.25, -0.2) is 4.39 Å². The molecule has 2 N–H and O–H groups in total. The van der Waals surface area contributed by atoms with Crippen molar-refractivity contribution >= 4 is 5.97 Å². The zero-order chi connectivity index (χ0) is 11.5. The van der Waals surface area contributed by atoms with E-state index in [-0.39, 0.29) is 29.8 Å². The lowest BCUT2D eigenvalue weighted by molar-refractivity contribution is -0.152.